The molecule has 0 saturated carbocycles. The van der Waals surface area contributed by atoms with E-state index in [1.165, 1.54) is 4.31 Å². The maximum atomic E-state index is 13.2. The maximum Gasteiger partial charge on any atom is 0.250 e. The van der Waals surface area contributed by atoms with Gasteiger partial charge in [0.2, 0.25) is 15.9 Å². The molecule has 0 unspecified atom stereocenters. The van der Waals surface area contributed by atoms with E-state index < -0.39 is 10.0 Å². The number of aliphatic hydroxyl groups is 1. The summed E-state index contributed by atoms with van der Waals surface area (Å²) in [6.45, 7) is 8.02. The van der Waals surface area contributed by atoms with Crippen LogP contribution in [0.3, 0.4) is 0 Å². The number of carbonyl (C=O) groups is 1. The average molecular weight is 525 g/mol. The lowest BCUT2D eigenvalue weighted by Crippen LogP contribution is -2.51. The van der Waals surface area contributed by atoms with Gasteiger partial charge in [-0.25, -0.2) is 13.4 Å². The Labute approximate surface area is 219 Å². The highest BCUT2D eigenvalue weighted by Crippen LogP contribution is 2.34. The molecular formula is C28H36N4O4S. The minimum Gasteiger partial charge on any atom is -0.396 e. The van der Waals surface area contributed by atoms with Crippen LogP contribution < -0.4 is 5.73 Å². The van der Waals surface area contributed by atoms with E-state index in [4.69, 9.17) is 5.73 Å². The number of fused-ring (bicyclic) bond motifs is 1. The number of carbonyl (C=O) groups excluding carboxylic acids is 1. The molecular weight excluding hydrogens is 488 g/mol. The predicted octanol–water partition coefficient (Wildman–Crippen LogP) is 3.70. The molecule has 0 bridgehead atoms. The zero-order valence-corrected chi connectivity index (χ0v) is 22.6. The molecule has 1 fully saturated rings. The third kappa shape index (κ3) is 5.79. The predicted molar refractivity (Wildman–Crippen MR) is 147 cm³/mol. The zero-order chi connectivity index (χ0) is 26.7. The molecule has 198 valence electrons. The number of hydrogen-bond acceptors (Lipinski definition) is 6. The summed E-state index contributed by atoms with van der Waals surface area (Å²) in [5, 5.41) is 9.27. The van der Waals surface area contributed by atoms with Gasteiger partial charge in [-0.3, -0.25) is 4.79 Å². The molecule has 3 N–H and O–H groups in total. The number of aliphatic hydroxyl groups excluding tert-OH is 1. The quantitative estimate of drug-likeness (QED) is 0.519. The van der Waals surface area contributed by atoms with Crippen molar-refractivity contribution in [1.29, 1.82) is 0 Å². The third-order valence-electron chi connectivity index (χ3n) is 6.75. The van der Waals surface area contributed by atoms with Gasteiger partial charge in [0.15, 0.2) is 0 Å². The van der Waals surface area contributed by atoms with Crippen LogP contribution in [-0.2, 0) is 14.8 Å². The highest BCUT2D eigenvalue weighted by molar-refractivity contribution is 7.89. The van der Waals surface area contributed by atoms with Gasteiger partial charge in [-0.2, -0.15) is 4.31 Å². The molecule has 0 radical (unpaired) electrons. The molecule has 9 heteroatoms. The van der Waals surface area contributed by atoms with E-state index in [2.05, 4.69) is 18.8 Å². The highest BCUT2D eigenvalue weighted by atomic mass is 32.2. The van der Waals surface area contributed by atoms with Gasteiger partial charge in [0.05, 0.1) is 10.6 Å². The van der Waals surface area contributed by atoms with Gasteiger partial charge in [0, 0.05) is 56.3 Å². The van der Waals surface area contributed by atoms with Crippen LogP contribution >= 0.6 is 0 Å². The van der Waals surface area contributed by atoms with E-state index in [1.54, 1.807) is 12.1 Å². The molecule has 2 heterocycles. The van der Waals surface area contributed by atoms with Crippen molar-refractivity contribution in [2.24, 2.45) is 16.6 Å². The van der Waals surface area contributed by atoms with Crippen LogP contribution in [0.2, 0.25) is 0 Å². The molecule has 0 spiro atoms. The van der Waals surface area contributed by atoms with Crippen molar-refractivity contribution in [2.75, 3.05) is 32.8 Å². The highest BCUT2D eigenvalue weighted by Gasteiger charge is 2.36. The number of hydrogen-bond donors (Lipinski definition) is 2. The second-order valence-electron chi connectivity index (χ2n) is 9.92. The summed E-state index contributed by atoms with van der Waals surface area (Å²) >= 11 is 0. The summed E-state index contributed by atoms with van der Waals surface area (Å²) in [7, 11) is -3.64. The lowest BCUT2D eigenvalue weighted by atomic mass is 9.99. The first-order chi connectivity index (χ1) is 17.7. The summed E-state index contributed by atoms with van der Waals surface area (Å²) in [6.07, 6.45) is 3.92. The van der Waals surface area contributed by atoms with Gasteiger partial charge < -0.3 is 15.7 Å². The Morgan fingerprint density at radius 3 is 2.46 bits per heavy atom. The van der Waals surface area contributed by atoms with Gasteiger partial charge in [-0.05, 0) is 60.7 Å². The Hall–Kier alpha value is -3.01. The first kappa shape index (κ1) is 27.0. The molecule has 2 aromatic rings. The van der Waals surface area contributed by atoms with Gasteiger partial charge in [-0.1, -0.05) is 32.0 Å². The number of aliphatic imine (C=N–C) groups is 1. The zero-order valence-electron chi connectivity index (χ0n) is 21.8. The maximum absolute atomic E-state index is 13.2. The molecule has 1 saturated heterocycles. The summed E-state index contributed by atoms with van der Waals surface area (Å²) in [6, 6.07) is 11.0. The van der Waals surface area contributed by atoms with Crippen molar-refractivity contribution < 1.29 is 18.3 Å². The van der Waals surface area contributed by atoms with E-state index in [-0.39, 0.29) is 29.7 Å². The lowest BCUT2D eigenvalue weighted by Gasteiger charge is -2.37. The Morgan fingerprint density at radius 1 is 1.11 bits per heavy atom. The molecule has 0 aliphatic carbocycles. The van der Waals surface area contributed by atoms with Gasteiger partial charge in [0.25, 0.3) is 0 Å². The molecule has 0 aromatic heterocycles. The molecule has 2 aromatic carbocycles. The number of nitrogens with zero attached hydrogens (tertiary/aromatic N) is 3. The fourth-order valence-electron chi connectivity index (χ4n) is 4.81. The molecule has 2 aliphatic heterocycles. The number of amides is 1. The van der Waals surface area contributed by atoms with Gasteiger partial charge in [-0.15, -0.1) is 0 Å². The summed E-state index contributed by atoms with van der Waals surface area (Å²) in [5.41, 5.74) is 10.7. The van der Waals surface area contributed by atoms with E-state index in [1.807, 2.05) is 42.2 Å². The smallest absolute Gasteiger partial charge is 0.250 e. The van der Waals surface area contributed by atoms with Crippen LogP contribution in [0, 0.1) is 12.8 Å². The number of benzene rings is 2. The topological polar surface area (TPSA) is 116 Å². The standard InChI is InChI=1S/C28H36N4O4S/c1-4-8-31(9-5-2)28(34)24-12-22-7-6-21(14-26(22)30-27(29)15-24)23-10-19(3)11-25(13-23)37(35,36)32-16-20(17-32)18-33/h6-7,10-14,20,33H,4-5,8-9,15-18H2,1-3H3,(H2,29,30). The molecule has 37 heavy (non-hydrogen) atoms. The monoisotopic (exact) mass is 524 g/mol. The first-order valence-corrected chi connectivity index (χ1v) is 14.3. The van der Waals surface area contributed by atoms with Crippen LogP contribution in [0.15, 0.2) is 51.9 Å². The van der Waals surface area contributed by atoms with E-state index in [0.717, 1.165) is 35.1 Å². The molecule has 1 amide bonds. The van der Waals surface area contributed by atoms with E-state index >= 15 is 0 Å². The van der Waals surface area contributed by atoms with E-state index in [9.17, 15) is 18.3 Å². The fraction of sp³-hybridized carbons (Fsp3) is 0.429. The van der Waals surface area contributed by atoms with Crippen molar-refractivity contribution in [3.63, 3.8) is 0 Å². The number of nitrogens with two attached hydrogens (primary N) is 1. The normalized spacial score (nSPS) is 16.3. The number of aryl methyl sites for hydroxylation is 1. The van der Waals surface area contributed by atoms with Crippen LogP contribution in [0.1, 0.15) is 44.2 Å². The van der Waals surface area contributed by atoms with Crippen LogP contribution in [0.25, 0.3) is 17.2 Å². The number of sulfonamides is 1. The van der Waals surface area contributed by atoms with Crippen molar-refractivity contribution in [1.82, 2.24) is 9.21 Å². The summed E-state index contributed by atoms with van der Waals surface area (Å²) in [4.78, 5) is 19.9. The Kier molecular flexibility index (Phi) is 8.16. The van der Waals surface area contributed by atoms with E-state index in [0.29, 0.717) is 43.3 Å². The third-order valence-corrected chi connectivity index (χ3v) is 8.56. The fourth-order valence-corrected chi connectivity index (χ4v) is 6.54. The Bertz CT molecular complexity index is 1340. The van der Waals surface area contributed by atoms with Gasteiger partial charge >= 0.3 is 0 Å². The summed E-state index contributed by atoms with van der Waals surface area (Å²) in [5.74, 6) is 0.349. The van der Waals surface area contributed by atoms with Crippen molar-refractivity contribution in [3.8, 4) is 11.1 Å². The lowest BCUT2D eigenvalue weighted by molar-refractivity contribution is -0.127. The number of amidine groups is 1. The molecule has 0 atom stereocenters. The van der Waals surface area contributed by atoms with Crippen LogP contribution in [0.4, 0.5) is 5.69 Å². The first-order valence-electron chi connectivity index (χ1n) is 12.9. The molecule has 8 nitrogen and oxygen atoms in total. The van der Waals surface area contributed by atoms with Crippen LogP contribution in [-0.4, -0.2) is 67.3 Å². The average Bonchev–Trinajstić information content (AvgIpc) is 2.99. The van der Waals surface area contributed by atoms with Crippen LogP contribution in [0.5, 0.6) is 0 Å². The summed E-state index contributed by atoms with van der Waals surface area (Å²) < 4.78 is 27.7. The SMILES string of the molecule is CCCN(CCC)C(=O)C1=Cc2ccc(-c3cc(C)cc(S(=O)(=O)N4CC(CO)C4)c3)cc2N=C(N)C1. The van der Waals surface area contributed by atoms with Crippen molar-refractivity contribution >= 4 is 33.5 Å². The second kappa shape index (κ2) is 11.2. The Balaban J connectivity index is 1.67. The minimum absolute atomic E-state index is 0.00666. The van der Waals surface area contributed by atoms with Crippen molar-refractivity contribution in [3.05, 3.63) is 53.1 Å². The van der Waals surface area contributed by atoms with Crippen molar-refractivity contribution in [2.45, 2.75) is 44.9 Å². The second-order valence-corrected chi connectivity index (χ2v) is 11.9. The number of rotatable bonds is 9. The molecule has 4 rings (SSSR count). The largest absolute Gasteiger partial charge is 0.396 e. The van der Waals surface area contributed by atoms with Gasteiger partial charge in [0.1, 0.15) is 5.84 Å². The molecule has 2 aliphatic rings. The minimum atomic E-state index is -3.64. The Morgan fingerprint density at radius 2 is 1.81 bits per heavy atom.